The van der Waals surface area contributed by atoms with Crippen molar-refractivity contribution in [3.8, 4) is 56.4 Å². The summed E-state index contributed by atoms with van der Waals surface area (Å²) in [4.78, 5) is 15.4. The van der Waals surface area contributed by atoms with Gasteiger partial charge in [-0.1, -0.05) is 152 Å². The van der Waals surface area contributed by atoms with Crippen molar-refractivity contribution in [2.75, 3.05) is 0 Å². The van der Waals surface area contributed by atoms with E-state index in [9.17, 15) is 0 Å². The molecule has 0 amide bonds. The third-order valence-electron chi connectivity index (χ3n) is 9.71. The van der Waals surface area contributed by atoms with Crippen LogP contribution in [0.5, 0.6) is 0 Å². The first-order valence-electron chi connectivity index (χ1n) is 17.1. The summed E-state index contributed by atoms with van der Waals surface area (Å²) in [6.45, 7) is 0. The van der Waals surface area contributed by atoms with Crippen LogP contribution in [0.2, 0.25) is 0 Å². The van der Waals surface area contributed by atoms with Crippen LogP contribution in [-0.2, 0) is 0 Å². The highest BCUT2D eigenvalue weighted by atomic mass is 32.1. The van der Waals surface area contributed by atoms with Gasteiger partial charge in [0.15, 0.2) is 17.5 Å². The number of rotatable bonds is 5. The molecule has 0 fully saturated rings. The molecule has 0 aliphatic carbocycles. The SMILES string of the molecule is c1ccc(-c2nc(-c3ccc4ccccc4c3)nc(-c3cccc4sc5cccc(-c6cccc(-c7cccc8ccccc78)c6)c5c34)n2)cc1. The van der Waals surface area contributed by atoms with Gasteiger partial charge in [-0.05, 0) is 68.1 Å². The van der Waals surface area contributed by atoms with Gasteiger partial charge in [-0.25, -0.2) is 15.0 Å². The Morgan fingerprint density at radius 3 is 1.69 bits per heavy atom. The van der Waals surface area contributed by atoms with Crippen LogP contribution in [0.3, 0.4) is 0 Å². The molecule has 51 heavy (non-hydrogen) atoms. The fraction of sp³-hybridized carbons (Fsp3) is 0. The Labute approximate surface area is 299 Å². The average molecular weight is 668 g/mol. The van der Waals surface area contributed by atoms with Gasteiger partial charge in [0.25, 0.3) is 0 Å². The Kier molecular flexibility index (Phi) is 7.00. The minimum absolute atomic E-state index is 0.656. The molecule has 0 saturated carbocycles. The quantitative estimate of drug-likeness (QED) is 0.183. The number of hydrogen-bond donors (Lipinski definition) is 0. The zero-order chi connectivity index (χ0) is 33.7. The van der Waals surface area contributed by atoms with Gasteiger partial charge in [-0.2, -0.15) is 0 Å². The van der Waals surface area contributed by atoms with Crippen LogP contribution in [0.15, 0.2) is 176 Å². The van der Waals surface area contributed by atoms with Crippen LogP contribution < -0.4 is 0 Å². The number of hydrogen-bond acceptors (Lipinski definition) is 4. The molecule has 2 aromatic heterocycles. The van der Waals surface area contributed by atoms with E-state index >= 15 is 0 Å². The van der Waals surface area contributed by atoms with E-state index in [1.54, 1.807) is 0 Å². The molecule has 0 N–H and O–H groups in total. The molecule has 238 valence electrons. The molecule has 4 heteroatoms. The largest absolute Gasteiger partial charge is 0.208 e. The Hall–Kier alpha value is -6.49. The van der Waals surface area contributed by atoms with E-state index < -0.39 is 0 Å². The van der Waals surface area contributed by atoms with Gasteiger partial charge in [0.05, 0.1) is 0 Å². The van der Waals surface area contributed by atoms with E-state index in [-0.39, 0.29) is 0 Å². The van der Waals surface area contributed by atoms with Crippen molar-refractivity contribution in [2.24, 2.45) is 0 Å². The summed E-state index contributed by atoms with van der Waals surface area (Å²) in [6.07, 6.45) is 0. The summed E-state index contributed by atoms with van der Waals surface area (Å²) < 4.78 is 2.44. The van der Waals surface area contributed by atoms with Gasteiger partial charge in [0.1, 0.15) is 0 Å². The van der Waals surface area contributed by atoms with Gasteiger partial charge in [0.2, 0.25) is 0 Å². The molecule has 10 rings (SSSR count). The molecule has 0 bridgehead atoms. The van der Waals surface area contributed by atoms with Crippen molar-refractivity contribution in [1.29, 1.82) is 0 Å². The molecule has 0 unspecified atom stereocenters. The summed E-state index contributed by atoms with van der Waals surface area (Å²) in [5.74, 6) is 1.98. The standard InChI is InChI=1S/C47H29N3S/c1-2-14-32(15-3-1)45-48-46(36-27-26-30-12-4-5-16-33(30)28-36)50-47(49-45)40-23-11-25-42-44(40)43-39(22-10-24-41(43)51-42)35-19-8-18-34(29-35)38-21-9-17-31-13-6-7-20-37(31)38/h1-29H. The lowest BCUT2D eigenvalue weighted by molar-refractivity contribution is 1.08. The predicted octanol–water partition coefficient (Wildman–Crippen LogP) is 12.9. The van der Waals surface area contributed by atoms with Crippen molar-refractivity contribution in [1.82, 2.24) is 15.0 Å². The summed E-state index contributed by atoms with van der Waals surface area (Å²) in [5, 5.41) is 7.22. The van der Waals surface area contributed by atoms with Gasteiger partial charge < -0.3 is 0 Å². The van der Waals surface area contributed by atoms with Crippen molar-refractivity contribution in [3.63, 3.8) is 0 Å². The molecule has 10 aromatic rings. The smallest absolute Gasteiger partial charge is 0.164 e. The number of benzene rings is 8. The van der Waals surface area contributed by atoms with Gasteiger partial charge in [-0.3, -0.25) is 0 Å². The van der Waals surface area contributed by atoms with E-state index in [0.717, 1.165) is 22.1 Å². The maximum atomic E-state index is 5.21. The minimum Gasteiger partial charge on any atom is -0.208 e. The normalized spacial score (nSPS) is 11.5. The number of fused-ring (bicyclic) bond motifs is 5. The highest BCUT2D eigenvalue weighted by Gasteiger charge is 2.19. The maximum Gasteiger partial charge on any atom is 0.164 e. The van der Waals surface area contributed by atoms with Gasteiger partial charge in [0, 0.05) is 36.9 Å². The topological polar surface area (TPSA) is 38.7 Å². The molecule has 3 nitrogen and oxygen atoms in total. The summed E-state index contributed by atoms with van der Waals surface area (Å²) >= 11 is 1.81. The van der Waals surface area contributed by atoms with E-state index in [0.29, 0.717) is 17.5 Å². The van der Waals surface area contributed by atoms with Crippen LogP contribution >= 0.6 is 11.3 Å². The van der Waals surface area contributed by atoms with Crippen molar-refractivity contribution >= 4 is 53.1 Å². The summed E-state index contributed by atoms with van der Waals surface area (Å²) in [6, 6.07) is 62.2. The maximum absolute atomic E-state index is 5.21. The first kappa shape index (κ1) is 29.4. The summed E-state index contributed by atoms with van der Waals surface area (Å²) in [7, 11) is 0. The molecule has 2 heterocycles. The molecule has 0 aliphatic heterocycles. The van der Waals surface area contributed by atoms with Crippen molar-refractivity contribution in [3.05, 3.63) is 176 Å². The van der Waals surface area contributed by atoms with Gasteiger partial charge >= 0.3 is 0 Å². The molecule has 8 aromatic carbocycles. The first-order valence-corrected chi connectivity index (χ1v) is 17.9. The highest BCUT2D eigenvalue weighted by molar-refractivity contribution is 7.26. The lowest BCUT2D eigenvalue weighted by atomic mass is 9.93. The molecular weight excluding hydrogens is 639 g/mol. The third kappa shape index (κ3) is 5.16. The second-order valence-electron chi connectivity index (χ2n) is 12.8. The van der Waals surface area contributed by atoms with Crippen LogP contribution in [0.1, 0.15) is 0 Å². The Bertz CT molecular complexity index is 2920. The molecule has 0 aliphatic rings. The van der Waals surface area contributed by atoms with E-state index in [1.807, 2.05) is 29.5 Å². The molecular formula is C47H29N3S. The van der Waals surface area contributed by atoms with Crippen molar-refractivity contribution in [2.45, 2.75) is 0 Å². The fourth-order valence-corrected chi connectivity index (χ4v) is 8.45. The zero-order valence-electron chi connectivity index (χ0n) is 27.5. The monoisotopic (exact) mass is 667 g/mol. The highest BCUT2D eigenvalue weighted by Crippen LogP contribution is 2.45. The molecule has 0 saturated heterocycles. The molecule has 0 radical (unpaired) electrons. The number of aromatic nitrogens is 3. The van der Waals surface area contributed by atoms with Crippen LogP contribution in [0.25, 0.3) is 98.1 Å². The van der Waals surface area contributed by atoms with E-state index in [4.69, 9.17) is 15.0 Å². The second kappa shape index (κ2) is 12.1. The molecule has 0 spiro atoms. The fourth-order valence-electron chi connectivity index (χ4n) is 7.30. The average Bonchev–Trinajstić information content (AvgIpc) is 3.60. The van der Waals surface area contributed by atoms with Crippen LogP contribution in [0.4, 0.5) is 0 Å². The van der Waals surface area contributed by atoms with Crippen molar-refractivity contribution < 1.29 is 0 Å². The lowest BCUT2D eigenvalue weighted by Crippen LogP contribution is -2.00. The first-order chi connectivity index (χ1) is 25.3. The van der Waals surface area contributed by atoms with E-state index in [2.05, 4.69) is 158 Å². The van der Waals surface area contributed by atoms with Crippen LogP contribution in [0, 0.1) is 0 Å². The van der Waals surface area contributed by atoms with E-state index in [1.165, 1.54) is 58.6 Å². The molecule has 0 atom stereocenters. The lowest BCUT2D eigenvalue weighted by Gasteiger charge is -2.12. The van der Waals surface area contributed by atoms with Gasteiger partial charge in [-0.15, -0.1) is 11.3 Å². The zero-order valence-corrected chi connectivity index (χ0v) is 28.3. The Balaban J connectivity index is 1.19. The number of thiophene rings is 1. The Morgan fingerprint density at radius 1 is 0.314 bits per heavy atom. The minimum atomic E-state index is 0.656. The number of nitrogens with zero attached hydrogens (tertiary/aromatic N) is 3. The second-order valence-corrected chi connectivity index (χ2v) is 13.9. The predicted molar refractivity (Wildman–Crippen MR) is 215 cm³/mol. The van der Waals surface area contributed by atoms with Crippen LogP contribution in [-0.4, -0.2) is 15.0 Å². The summed E-state index contributed by atoms with van der Waals surface area (Å²) in [5.41, 5.74) is 7.72. The third-order valence-corrected chi connectivity index (χ3v) is 10.8. The Morgan fingerprint density at radius 2 is 0.863 bits per heavy atom.